The van der Waals surface area contributed by atoms with E-state index in [9.17, 15) is 0 Å². The summed E-state index contributed by atoms with van der Waals surface area (Å²) in [5.41, 5.74) is 4.06. The maximum atomic E-state index is 5.06. The molecule has 26 heavy (non-hydrogen) atoms. The van der Waals surface area contributed by atoms with Gasteiger partial charge in [0.15, 0.2) is 0 Å². The lowest BCUT2D eigenvalue weighted by molar-refractivity contribution is 0.638. The fraction of sp³-hybridized carbons (Fsp3) is 0.304. The van der Waals surface area contributed by atoms with Crippen LogP contribution in [0, 0.1) is 0 Å². The largest absolute Gasteiger partial charge is 0.353 e. The summed E-state index contributed by atoms with van der Waals surface area (Å²) in [6, 6.07) is 21.0. The zero-order valence-corrected chi connectivity index (χ0v) is 15.9. The van der Waals surface area contributed by atoms with E-state index in [2.05, 4.69) is 62.1 Å². The minimum absolute atomic E-state index is 0.391. The minimum atomic E-state index is 0.391. The van der Waals surface area contributed by atoms with E-state index in [0.717, 1.165) is 41.3 Å². The molecule has 0 atom stereocenters. The maximum Gasteiger partial charge on any atom is 0.148 e. The van der Waals surface area contributed by atoms with E-state index >= 15 is 0 Å². The molecule has 0 bridgehead atoms. The highest BCUT2D eigenvalue weighted by Crippen LogP contribution is 2.30. The molecule has 0 aliphatic rings. The van der Waals surface area contributed by atoms with Gasteiger partial charge in [-0.3, -0.25) is 4.98 Å². The number of unbranched alkanes of at least 4 members (excludes halogenated alkanes) is 1. The van der Waals surface area contributed by atoms with Gasteiger partial charge < -0.3 is 4.90 Å². The Bertz CT molecular complexity index is 813. The molecule has 1 aromatic heterocycles. The number of nitrogens with zero attached hydrogens (tertiary/aromatic N) is 3. The Balaban J connectivity index is 2.10. The Hall–Kier alpha value is -2.68. The van der Waals surface area contributed by atoms with Gasteiger partial charge in [-0.1, -0.05) is 74.0 Å². The van der Waals surface area contributed by atoms with Crippen LogP contribution in [0.4, 0.5) is 5.82 Å². The first-order valence-corrected chi connectivity index (χ1v) is 9.45. The number of hydrogen-bond donors (Lipinski definition) is 0. The van der Waals surface area contributed by atoms with Gasteiger partial charge in [-0.2, -0.15) is 0 Å². The average Bonchev–Trinajstić information content (AvgIpc) is 2.69. The standard InChI is InChI=1S/C23H27N3/c1-4-5-16-26(18(2)3)21-17-24-22(19-12-8-6-9-13-19)23(25-21)20-14-10-7-11-15-20/h6-15,17-18H,4-5,16H2,1-3H3. The second-order valence-electron chi connectivity index (χ2n) is 6.80. The summed E-state index contributed by atoms with van der Waals surface area (Å²) >= 11 is 0. The number of anilines is 1. The van der Waals surface area contributed by atoms with Crippen molar-refractivity contribution in [3.63, 3.8) is 0 Å². The molecule has 3 nitrogen and oxygen atoms in total. The summed E-state index contributed by atoms with van der Waals surface area (Å²) in [7, 11) is 0. The lowest BCUT2D eigenvalue weighted by Crippen LogP contribution is -2.32. The zero-order valence-electron chi connectivity index (χ0n) is 15.9. The molecule has 2 aromatic carbocycles. The smallest absolute Gasteiger partial charge is 0.148 e. The van der Waals surface area contributed by atoms with Crippen LogP contribution >= 0.6 is 0 Å². The molecular formula is C23H27N3. The fourth-order valence-corrected chi connectivity index (χ4v) is 3.09. The first-order valence-electron chi connectivity index (χ1n) is 9.45. The molecule has 0 N–H and O–H groups in total. The third-order valence-electron chi connectivity index (χ3n) is 4.52. The quantitative estimate of drug-likeness (QED) is 0.540. The molecule has 0 spiro atoms. The van der Waals surface area contributed by atoms with E-state index in [0.29, 0.717) is 6.04 Å². The number of benzene rings is 2. The molecule has 0 aliphatic carbocycles. The number of aromatic nitrogens is 2. The molecule has 3 aromatic rings. The van der Waals surface area contributed by atoms with Crippen molar-refractivity contribution in [3.05, 3.63) is 66.9 Å². The Morgan fingerprint density at radius 2 is 1.42 bits per heavy atom. The molecule has 134 valence electrons. The lowest BCUT2D eigenvalue weighted by atomic mass is 10.0. The maximum absolute atomic E-state index is 5.06. The lowest BCUT2D eigenvalue weighted by Gasteiger charge is -2.28. The molecule has 0 radical (unpaired) electrons. The van der Waals surface area contributed by atoms with Crippen LogP contribution in [0.5, 0.6) is 0 Å². The zero-order chi connectivity index (χ0) is 18.4. The first-order chi connectivity index (χ1) is 12.7. The van der Waals surface area contributed by atoms with Gasteiger partial charge >= 0.3 is 0 Å². The topological polar surface area (TPSA) is 29.0 Å². The van der Waals surface area contributed by atoms with Gasteiger partial charge in [-0.15, -0.1) is 0 Å². The van der Waals surface area contributed by atoms with Crippen LogP contribution < -0.4 is 4.90 Å². The summed E-state index contributed by atoms with van der Waals surface area (Å²) in [5.74, 6) is 0.951. The third-order valence-corrected chi connectivity index (χ3v) is 4.52. The van der Waals surface area contributed by atoms with Gasteiger partial charge in [-0.05, 0) is 20.3 Å². The molecule has 0 fully saturated rings. The Labute approximate surface area is 156 Å². The van der Waals surface area contributed by atoms with Crippen molar-refractivity contribution >= 4 is 5.82 Å². The highest BCUT2D eigenvalue weighted by Gasteiger charge is 2.17. The van der Waals surface area contributed by atoms with Crippen molar-refractivity contribution in [2.75, 3.05) is 11.4 Å². The summed E-state index contributed by atoms with van der Waals surface area (Å²) in [6.45, 7) is 7.65. The van der Waals surface area contributed by atoms with Gasteiger partial charge in [0.1, 0.15) is 5.82 Å². The summed E-state index contributed by atoms with van der Waals surface area (Å²) in [4.78, 5) is 12.2. The Morgan fingerprint density at radius 1 is 0.846 bits per heavy atom. The first kappa shape index (κ1) is 18.1. The van der Waals surface area contributed by atoms with E-state index in [-0.39, 0.29) is 0 Å². The number of hydrogen-bond acceptors (Lipinski definition) is 3. The van der Waals surface area contributed by atoms with Crippen molar-refractivity contribution in [2.45, 2.75) is 39.7 Å². The molecule has 0 saturated heterocycles. The van der Waals surface area contributed by atoms with Crippen molar-refractivity contribution in [2.24, 2.45) is 0 Å². The van der Waals surface area contributed by atoms with Crippen LogP contribution in [0.15, 0.2) is 66.9 Å². The molecule has 3 heteroatoms. The van der Waals surface area contributed by atoms with Gasteiger partial charge in [-0.25, -0.2) is 4.98 Å². The average molecular weight is 345 g/mol. The molecule has 3 rings (SSSR count). The summed E-state index contributed by atoms with van der Waals surface area (Å²) in [5, 5.41) is 0. The van der Waals surface area contributed by atoms with Crippen LogP contribution in [0.3, 0.4) is 0 Å². The highest BCUT2D eigenvalue weighted by molar-refractivity contribution is 5.78. The van der Waals surface area contributed by atoms with Crippen LogP contribution in [0.1, 0.15) is 33.6 Å². The normalized spacial score (nSPS) is 10.9. The van der Waals surface area contributed by atoms with Crippen LogP contribution in [0.2, 0.25) is 0 Å². The second-order valence-corrected chi connectivity index (χ2v) is 6.80. The van der Waals surface area contributed by atoms with E-state index in [4.69, 9.17) is 9.97 Å². The second kappa shape index (κ2) is 8.61. The molecule has 1 heterocycles. The molecule has 0 saturated carbocycles. The van der Waals surface area contributed by atoms with E-state index in [1.807, 2.05) is 30.5 Å². The molecule has 0 aliphatic heterocycles. The molecular weight excluding hydrogens is 318 g/mol. The van der Waals surface area contributed by atoms with Crippen molar-refractivity contribution < 1.29 is 0 Å². The predicted molar refractivity (Wildman–Crippen MR) is 110 cm³/mol. The SMILES string of the molecule is CCCCN(c1cnc(-c2ccccc2)c(-c2ccccc2)n1)C(C)C. The minimum Gasteiger partial charge on any atom is -0.353 e. The molecule has 0 amide bonds. The summed E-state index contributed by atoms with van der Waals surface area (Å²) in [6.07, 6.45) is 4.25. The monoisotopic (exact) mass is 345 g/mol. The predicted octanol–water partition coefficient (Wildman–Crippen LogP) is 5.83. The van der Waals surface area contributed by atoms with Crippen LogP contribution in [0.25, 0.3) is 22.5 Å². The van der Waals surface area contributed by atoms with Gasteiger partial charge in [0.25, 0.3) is 0 Å². The third kappa shape index (κ3) is 4.10. The number of rotatable bonds is 7. The fourth-order valence-electron chi connectivity index (χ4n) is 3.09. The van der Waals surface area contributed by atoms with Gasteiger partial charge in [0.05, 0.1) is 17.6 Å². The Kier molecular flexibility index (Phi) is 6.00. The van der Waals surface area contributed by atoms with Crippen molar-refractivity contribution in [1.29, 1.82) is 0 Å². The molecule has 0 unspecified atom stereocenters. The highest BCUT2D eigenvalue weighted by atomic mass is 15.2. The van der Waals surface area contributed by atoms with Gasteiger partial charge in [0, 0.05) is 23.7 Å². The van der Waals surface area contributed by atoms with Crippen LogP contribution in [-0.2, 0) is 0 Å². The van der Waals surface area contributed by atoms with E-state index in [1.165, 1.54) is 6.42 Å². The van der Waals surface area contributed by atoms with Crippen molar-refractivity contribution in [1.82, 2.24) is 9.97 Å². The van der Waals surface area contributed by atoms with Crippen LogP contribution in [-0.4, -0.2) is 22.6 Å². The van der Waals surface area contributed by atoms with E-state index < -0.39 is 0 Å². The summed E-state index contributed by atoms with van der Waals surface area (Å²) < 4.78 is 0. The van der Waals surface area contributed by atoms with Gasteiger partial charge in [0.2, 0.25) is 0 Å². The van der Waals surface area contributed by atoms with Crippen molar-refractivity contribution in [3.8, 4) is 22.5 Å². The Morgan fingerprint density at radius 3 is 1.96 bits per heavy atom. The van der Waals surface area contributed by atoms with E-state index in [1.54, 1.807) is 0 Å².